The maximum atomic E-state index is 13.4. The van der Waals surface area contributed by atoms with Gasteiger partial charge in [-0.05, 0) is 68.7 Å². The van der Waals surface area contributed by atoms with Crippen molar-refractivity contribution in [3.63, 3.8) is 0 Å². The molecule has 1 saturated heterocycles. The lowest BCUT2D eigenvalue weighted by Gasteiger charge is -2.62. The summed E-state index contributed by atoms with van der Waals surface area (Å²) in [6, 6.07) is 17.9. The Kier molecular flexibility index (Phi) is 8.71. The first-order valence-electron chi connectivity index (χ1n) is 15.1. The fraction of sp³-hybridized carbons (Fsp3) is 0.486. The van der Waals surface area contributed by atoms with E-state index in [1.165, 1.54) is 19.9 Å². The van der Waals surface area contributed by atoms with Gasteiger partial charge >= 0.3 is 23.9 Å². The van der Waals surface area contributed by atoms with Crippen molar-refractivity contribution in [2.24, 2.45) is 17.3 Å². The quantitative estimate of drug-likeness (QED) is 0.224. The van der Waals surface area contributed by atoms with E-state index in [2.05, 4.69) is 0 Å². The molecule has 2 aromatic carbocycles. The third-order valence-corrected chi connectivity index (χ3v) is 9.61. The van der Waals surface area contributed by atoms with Gasteiger partial charge in [0.1, 0.15) is 24.2 Å². The third-order valence-electron chi connectivity index (χ3n) is 9.61. The normalized spacial score (nSPS) is 31.9. The molecule has 3 aliphatic rings. The first kappa shape index (κ1) is 31.4. The van der Waals surface area contributed by atoms with Crippen molar-refractivity contribution in [1.82, 2.24) is 0 Å². The maximum Gasteiger partial charge on any atom is 0.338 e. The standard InChI is InChI=1S/C35H40O9/c1-22-18-28(42-32(39)26-14-10-7-11-15-26)31(41-24(3)37)34(21-40-23(2)36)29(19-27-20-35(22,34)44-33(27,4)5)43-30(38)17-16-25-12-8-6-9-13-25/h6-17,22,27-29,31H,18-21H2,1-5H3/b17-16+. The van der Waals surface area contributed by atoms with E-state index in [0.29, 0.717) is 24.8 Å². The lowest BCUT2D eigenvalue weighted by atomic mass is 9.49. The van der Waals surface area contributed by atoms with Crippen molar-refractivity contribution in [1.29, 1.82) is 0 Å². The Labute approximate surface area is 257 Å². The van der Waals surface area contributed by atoms with Gasteiger partial charge in [-0.2, -0.15) is 0 Å². The molecule has 2 aliphatic carbocycles. The lowest BCUT2D eigenvalue weighted by molar-refractivity contribution is -0.298. The highest BCUT2D eigenvalue weighted by Crippen LogP contribution is 2.67. The Morgan fingerprint density at radius 3 is 2.18 bits per heavy atom. The zero-order valence-corrected chi connectivity index (χ0v) is 25.8. The zero-order chi connectivity index (χ0) is 31.7. The molecule has 1 aliphatic heterocycles. The fourth-order valence-electron chi connectivity index (χ4n) is 7.61. The van der Waals surface area contributed by atoms with Crippen LogP contribution in [0.5, 0.6) is 0 Å². The zero-order valence-electron chi connectivity index (χ0n) is 25.8. The van der Waals surface area contributed by atoms with Gasteiger partial charge < -0.3 is 23.7 Å². The summed E-state index contributed by atoms with van der Waals surface area (Å²) >= 11 is 0. The number of carbonyl (C=O) groups excluding carboxylic acids is 4. The first-order valence-corrected chi connectivity index (χ1v) is 15.1. The van der Waals surface area contributed by atoms with Gasteiger partial charge in [0.2, 0.25) is 0 Å². The molecule has 0 amide bonds. The highest BCUT2D eigenvalue weighted by molar-refractivity contribution is 5.89. The molecular formula is C35H40O9. The molecule has 1 heterocycles. The highest BCUT2D eigenvalue weighted by Gasteiger charge is 2.78. The first-order chi connectivity index (χ1) is 20.9. The van der Waals surface area contributed by atoms with Gasteiger partial charge in [0.25, 0.3) is 0 Å². The number of fused-ring (bicyclic) bond motifs is 1. The van der Waals surface area contributed by atoms with Crippen molar-refractivity contribution in [3.8, 4) is 0 Å². The second-order valence-corrected chi connectivity index (χ2v) is 12.7. The monoisotopic (exact) mass is 604 g/mol. The lowest BCUT2D eigenvalue weighted by Crippen LogP contribution is -2.74. The molecule has 7 atom stereocenters. The summed E-state index contributed by atoms with van der Waals surface area (Å²) in [6.45, 7) is 8.28. The number of ether oxygens (including phenoxy) is 5. The van der Waals surface area contributed by atoms with Crippen LogP contribution in [0.15, 0.2) is 66.7 Å². The Hall–Kier alpha value is -3.98. The Morgan fingerprint density at radius 2 is 1.55 bits per heavy atom. The Bertz CT molecular complexity index is 1420. The van der Waals surface area contributed by atoms with Gasteiger partial charge in [-0.3, -0.25) is 9.59 Å². The Morgan fingerprint density at radius 1 is 0.886 bits per heavy atom. The summed E-state index contributed by atoms with van der Waals surface area (Å²) in [5, 5.41) is 0. The van der Waals surface area contributed by atoms with Crippen LogP contribution in [-0.2, 0) is 38.1 Å². The van der Waals surface area contributed by atoms with Gasteiger partial charge in [0.15, 0.2) is 6.10 Å². The molecule has 0 radical (unpaired) electrons. The van der Waals surface area contributed by atoms with Gasteiger partial charge in [-0.25, -0.2) is 9.59 Å². The number of hydrogen-bond acceptors (Lipinski definition) is 9. The topological polar surface area (TPSA) is 114 Å². The van der Waals surface area contributed by atoms with Crippen LogP contribution < -0.4 is 0 Å². The summed E-state index contributed by atoms with van der Waals surface area (Å²) < 4.78 is 31.1. The van der Waals surface area contributed by atoms with E-state index in [1.807, 2.05) is 51.1 Å². The van der Waals surface area contributed by atoms with Crippen molar-refractivity contribution in [3.05, 3.63) is 77.9 Å². The Balaban J connectivity index is 1.61. The molecule has 234 valence electrons. The van der Waals surface area contributed by atoms with Crippen molar-refractivity contribution >= 4 is 30.0 Å². The largest absolute Gasteiger partial charge is 0.465 e. The van der Waals surface area contributed by atoms with Crippen LogP contribution in [0.3, 0.4) is 0 Å². The van der Waals surface area contributed by atoms with Crippen molar-refractivity contribution < 1.29 is 42.9 Å². The van der Waals surface area contributed by atoms with E-state index in [9.17, 15) is 19.2 Å². The summed E-state index contributed by atoms with van der Waals surface area (Å²) in [6.07, 6.45) is 1.27. The second kappa shape index (κ2) is 12.2. The van der Waals surface area contributed by atoms with Crippen LogP contribution in [0.4, 0.5) is 0 Å². The van der Waals surface area contributed by atoms with E-state index in [0.717, 1.165) is 5.56 Å². The molecule has 9 heteroatoms. The van der Waals surface area contributed by atoms with Crippen molar-refractivity contribution in [2.45, 2.75) is 83.4 Å². The molecule has 1 spiro atoms. The molecule has 9 nitrogen and oxygen atoms in total. The van der Waals surface area contributed by atoms with Gasteiger partial charge in [0, 0.05) is 19.9 Å². The van der Waals surface area contributed by atoms with Crippen LogP contribution in [0.25, 0.3) is 6.08 Å². The van der Waals surface area contributed by atoms with Crippen LogP contribution in [0, 0.1) is 17.3 Å². The van der Waals surface area contributed by atoms with E-state index in [-0.39, 0.29) is 18.4 Å². The molecule has 0 N–H and O–H groups in total. The molecule has 2 aromatic rings. The minimum Gasteiger partial charge on any atom is -0.465 e. The van der Waals surface area contributed by atoms with E-state index in [4.69, 9.17) is 23.7 Å². The number of hydrogen-bond donors (Lipinski definition) is 0. The van der Waals surface area contributed by atoms with Gasteiger partial charge in [-0.1, -0.05) is 55.5 Å². The summed E-state index contributed by atoms with van der Waals surface area (Å²) in [5.41, 5.74) is -1.87. The molecule has 7 unspecified atom stereocenters. The number of esters is 4. The number of carbonyl (C=O) groups is 4. The highest BCUT2D eigenvalue weighted by atomic mass is 16.6. The third kappa shape index (κ3) is 5.77. The average Bonchev–Trinajstić information content (AvgIpc) is 3.22. The van der Waals surface area contributed by atoms with Crippen LogP contribution in [-0.4, -0.2) is 60.0 Å². The second-order valence-electron chi connectivity index (χ2n) is 12.7. The van der Waals surface area contributed by atoms with E-state index < -0.39 is 58.8 Å². The fourth-order valence-corrected chi connectivity index (χ4v) is 7.61. The van der Waals surface area contributed by atoms with E-state index in [1.54, 1.807) is 36.4 Å². The molecule has 3 fully saturated rings. The number of benzene rings is 2. The molecular weight excluding hydrogens is 564 g/mol. The van der Waals surface area contributed by atoms with Gasteiger partial charge in [-0.15, -0.1) is 0 Å². The molecule has 2 bridgehead atoms. The molecule has 0 aromatic heterocycles. The SMILES string of the molecule is CC(=O)OCC12C(OC(=O)/C=C/c3ccccc3)CC3CC1(OC3(C)C)C(C)CC(OC(=O)c1ccccc1)C2OC(C)=O. The maximum absolute atomic E-state index is 13.4. The molecule has 44 heavy (non-hydrogen) atoms. The predicted molar refractivity (Wildman–Crippen MR) is 160 cm³/mol. The van der Waals surface area contributed by atoms with Crippen LogP contribution >= 0.6 is 0 Å². The minimum absolute atomic E-state index is 0.00676. The summed E-state index contributed by atoms with van der Waals surface area (Å²) in [5.74, 6) is -2.62. The minimum atomic E-state index is -1.38. The van der Waals surface area contributed by atoms with Gasteiger partial charge in [0.05, 0.1) is 16.8 Å². The summed E-state index contributed by atoms with van der Waals surface area (Å²) in [4.78, 5) is 51.9. The number of rotatable bonds is 8. The molecule has 5 rings (SSSR count). The predicted octanol–water partition coefficient (Wildman–Crippen LogP) is 5.32. The molecule has 2 saturated carbocycles. The average molecular weight is 605 g/mol. The van der Waals surface area contributed by atoms with Crippen LogP contribution in [0.2, 0.25) is 0 Å². The summed E-state index contributed by atoms with van der Waals surface area (Å²) in [7, 11) is 0. The van der Waals surface area contributed by atoms with Crippen LogP contribution in [0.1, 0.15) is 69.8 Å². The van der Waals surface area contributed by atoms with Crippen molar-refractivity contribution in [2.75, 3.05) is 6.61 Å². The smallest absolute Gasteiger partial charge is 0.338 e. The van der Waals surface area contributed by atoms with E-state index >= 15 is 0 Å².